The van der Waals surface area contributed by atoms with Crippen LogP contribution in [-0.4, -0.2) is 24.7 Å². The third kappa shape index (κ3) is 4.60. The summed E-state index contributed by atoms with van der Waals surface area (Å²) in [5.41, 5.74) is 1.94. The lowest BCUT2D eigenvalue weighted by Gasteiger charge is -2.12. The Labute approximate surface area is 154 Å². The number of benzene rings is 2. The lowest BCUT2D eigenvalue weighted by atomic mass is 10.2. The quantitative estimate of drug-likeness (QED) is 0.680. The fourth-order valence-corrected chi connectivity index (χ4v) is 2.57. The van der Waals surface area contributed by atoms with Crippen molar-refractivity contribution in [3.8, 4) is 11.5 Å². The Kier molecular flexibility index (Phi) is 5.65. The predicted octanol–water partition coefficient (Wildman–Crippen LogP) is 4.17. The van der Waals surface area contributed by atoms with Crippen molar-refractivity contribution in [3.05, 3.63) is 60.3 Å². The van der Waals surface area contributed by atoms with Gasteiger partial charge in [0.2, 0.25) is 0 Å². The first-order valence-corrected chi connectivity index (χ1v) is 8.07. The van der Waals surface area contributed by atoms with Crippen molar-refractivity contribution in [1.82, 2.24) is 10.3 Å². The van der Waals surface area contributed by atoms with Crippen LogP contribution in [0.1, 0.15) is 5.56 Å². The number of alkyl halides is 2. The van der Waals surface area contributed by atoms with Gasteiger partial charge in [-0.2, -0.15) is 8.78 Å². The second-order valence-corrected chi connectivity index (χ2v) is 5.55. The largest absolute Gasteiger partial charge is 0.493 e. The number of amides is 2. The Morgan fingerprint density at radius 3 is 2.74 bits per heavy atom. The first-order valence-electron chi connectivity index (χ1n) is 8.07. The van der Waals surface area contributed by atoms with Crippen molar-refractivity contribution in [2.45, 2.75) is 13.2 Å². The van der Waals surface area contributed by atoms with Gasteiger partial charge < -0.3 is 20.1 Å². The number of rotatable bonds is 6. The van der Waals surface area contributed by atoms with Gasteiger partial charge in [-0.05, 0) is 29.8 Å². The van der Waals surface area contributed by atoms with E-state index in [1.807, 2.05) is 24.3 Å². The minimum atomic E-state index is -2.94. The molecule has 0 fully saturated rings. The van der Waals surface area contributed by atoms with Crippen molar-refractivity contribution in [3.63, 3.8) is 0 Å². The van der Waals surface area contributed by atoms with Gasteiger partial charge in [-0.1, -0.05) is 24.3 Å². The average molecular weight is 373 g/mol. The zero-order valence-electron chi connectivity index (χ0n) is 14.4. The minimum absolute atomic E-state index is 0.0671. The number of pyridine rings is 1. The van der Waals surface area contributed by atoms with Gasteiger partial charge in [-0.15, -0.1) is 0 Å². The number of nitrogens with zero attached hydrogens (tertiary/aromatic N) is 1. The van der Waals surface area contributed by atoms with Crippen molar-refractivity contribution in [2.75, 3.05) is 12.4 Å². The maximum Gasteiger partial charge on any atom is 0.387 e. The number of anilines is 1. The van der Waals surface area contributed by atoms with Crippen LogP contribution in [0.4, 0.5) is 19.3 Å². The number of halogens is 2. The van der Waals surface area contributed by atoms with Crippen LogP contribution in [0.5, 0.6) is 11.5 Å². The summed E-state index contributed by atoms with van der Waals surface area (Å²) in [4.78, 5) is 16.5. The molecule has 27 heavy (non-hydrogen) atoms. The SMILES string of the molecule is COc1cc(CNC(=O)Nc2cccc3cccnc23)ccc1OC(F)F. The molecule has 8 heteroatoms. The number of urea groups is 1. The number of carbonyl (C=O) groups is 1. The molecule has 2 amide bonds. The lowest BCUT2D eigenvalue weighted by molar-refractivity contribution is -0.0512. The fourth-order valence-electron chi connectivity index (χ4n) is 2.57. The maximum absolute atomic E-state index is 12.4. The topological polar surface area (TPSA) is 72.5 Å². The van der Waals surface area contributed by atoms with Gasteiger partial charge in [-0.25, -0.2) is 4.79 Å². The molecule has 2 N–H and O–H groups in total. The highest BCUT2D eigenvalue weighted by Gasteiger charge is 2.12. The molecule has 3 rings (SSSR count). The molecule has 0 aliphatic heterocycles. The average Bonchev–Trinajstić information content (AvgIpc) is 2.67. The number of methoxy groups -OCH3 is 1. The van der Waals surface area contributed by atoms with Gasteiger partial charge in [-0.3, -0.25) is 4.98 Å². The van der Waals surface area contributed by atoms with Gasteiger partial charge >= 0.3 is 12.6 Å². The smallest absolute Gasteiger partial charge is 0.387 e. The molecule has 0 saturated heterocycles. The molecule has 1 aromatic heterocycles. The van der Waals surface area contributed by atoms with E-state index in [0.717, 1.165) is 5.39 Å². The molecule has 0 aliphatic carbocycles. The first-order chi connectivity index (χ1) is 13.1. The summed E-state index contributed by atoms with van der Waals surface area (Å²) >= 11 is 0. The summed E-state index contributed by atoms with van der Waals surface area (Å²) < 4.78 is 34.1. The molecule has 0 radical (unpaired) electrons. The predicted molar refractivity (Wildman–Crippen MR) is 97.2 cm³/mol. The number of ether oxygens (including phenoxy) is 2. The number of para-hydroxylation sites is 1. The van der Waals surface area contributed by atoms with E-state index in [-0.39, 0.29) is 18.0 Å². The van der Waals surface area contributed by atoms with Gasteiger partial charge in [0.05, 0.1) is 18.3 Å². The Hall–Kier alpha value is -3.42. The normalized spacial score (nSPS) is 10.7. The highest BCUT2D eigenvalue weighted by atomic mass is 19.3. The molecule has 6 nitrogen and oxygen atoms in total. The first kappa shape index (κ1) is 18.4. The van der Waals surface area contributed by atoms with Crippen LogP contribution < -0.4 is 20.1 Å². The number of carbonyl (C=O) groups excluding carboxylic acids is 1. The Balaban J connectivity index is 1.65. The van der Waals surface area contributed by atoms with Crippen LogP contribution in [-0.2, 0) is 6.54 Å². The Bertz CT molecular complexity index is 945. The number of hydrogen-bond donors (Lipinski definition) is 2. The summed E-state index contributed by atoms with van der Waals surface area (Å²) in [6, 6.07) is 13.3. The maximum atomic E-state index is 12.4. The van der Waals surface area contributed by atoms with E-state index in [9.17, 15) is 13.6 Å². The van der Waals surface area contributed by atoms with Gasteiger partial charge in [0.1, 0.15) is 0 Å². The van der Waals surface area contributed by atoms with Crippen molar-refractivity contribution in [2.24, 2.45) is 0 Å². The molecule has 0 spiro atoms. The third-order valence-corrected chi connectivity index (χ3v) is 3.78. The fraction of sp³-hybridized carbons (Fsp3) is 0.158. The van der Waals surface area contributed by atoms with Crippen molar-refractivity contribution < 1.29 is 23.0 Å². The molecule has 2 aromatic carbocycles. The van der Waals surface area contributed by atoms with Gasteiger partial charge in [0.25, 0.3) is 0 Å². The van der Waals surface area contributed by atoms with Crippen molar-refractivity contribution in [1.29, 1.82) is 0 Å². The van der Waals surface area contributed by atoms with Crippen molar-refractivity contribution >= 4 is 22.6 Å². The highest BCUT2D eigenvalue weighted by molar-refractivity contribution is 5.99. The Morgan fingerprint density at radius 2 is 1.96 bits per heavy atom. The third-order valence-electron chi connectivity index (χ3n) is 3.78. The lowest BCUT2D eigenvalue weighted by Crippen LogP contribution is -2.28. The van der Waals surface area contributed by atoms with Crippen LogP contribution >= 0.6 is 0 Å². The second-order valence-electron chi connectivity index (χ2n) is 5.55. The van der Waals surface area contributed by atoms with E-state index in [2.05, 4.69) is 20.4 Å². The highest BCUT2D eigenvalue weighted by Crippen LogP contribution is 2.29. The molecule has 0 aliphatic rings. The van der Waals surface area contributed by atoms with E-state index in [0.29, 0.717) is 16.8 Å². The zero-order valence-corrected chi connectivity index (χ0v) is 14.4. The molecule has 1 heterocycles. The molecule has 3 aromatic rings. The van der Waals surface area contributed by atoms with E-state index in [1.54, 1.807) is 18.3 Å². The Morgan fingerprint density at radius 1 is 1.15 bits per heavy atom. The van der Waals surface area contributed by atoms with E-state index < -0.39 is 12.6 Å². The molecule has 0 bridgehead atoms. The summed E-state index contributed by atoms with van der Waals surface area (Å²) in [5.74, 6) is 0.0933. The van der Waals surface area contributed by atoms with Crippen LogP contribution in [0, 0.1) is 0 Å². The van der Waals surface area contributed by atoms with Crippen LogP contribution in [0.15, 0.2) is 54.7 Å². The number of fused-ring (bicyclic) bond motifs is 1. The number of hydrogen-bond acceptors (Lipinski definition) is 4. The summed E-state index contributed by atoms with van der Waals surface area (Å²) in [6.45, 7) is -2.77. The summed E-state index contributed by atoms with van der Waals surface area (Å²) in [5, 5.41) is 6.37. The molecule has 0 atom stereocenters. The van der Waals surface area contributed by atoms with Crippen LogP contribution in [0.2, 0.25) is 0 Å². The van der Waals surface area contributed by atoms with Crippen LogP contribution in [0.25, 0.3) is 10.9 Å². The van der Waals surface area contributed by atoms with E-state index in [4.69, 9.17) is 4.74 Å². The molecular formula is C19H17F2N3O3. The molecular weight excluding hydrogens is 356 g/mol. The number of aromatic nitrogens is 1. The number of nitrogens with one attached hydrogen (secondary N) is 2. The zero-order chi connectivity index (χ0) is 19.2. The molecule has 0 saturated carbocycles. The monoisotopic (exact) mass is 373 g/mol. The summed E-state index contributed by atoms with van der Waals surface area (Å²) in [7, 11) is 1.35. The van der Waals surface area contributed by atoms with Gasteiger partial charge in [0, 0.05) is 18.1 Å². The van der Waals surface area contributed by atoms with Crippen LogP contribution in [0.3, 0.4) is 0 Å². The molecule has 140 valence electrons. The minimum Gasteiger partial charge on any atom is -0.493 e. The molecule has 0 unspecified atom stereocenters. The van der Waals surface area contributed by atoms with E-state index in [1.165, 1.54) is 19.2 Å². The second kappa shape index (κ2) is 8.31. The summed E-state index contributed by atoms with van der Waals surface area (Å²) in [6.07, 6.45) is 1.65. The van der Waals surface area contributed by atoms with E-state index >= 15 is 0 Å². The standard InChI is InChI=1S/C19H17F2N3O3/c1-26-16-10-12(7-8-15(16)27-18(20)21)11-23-19(25)24-14-6-2-4-13-5-3-9-22-17(13)14/h2-10,18H,11H2,1H3,(H2,23,24,25). The van der Waals surface area contributed by atoms with Gasteiger partial charge in [0.15, 0.2) is 11.5 Å².